The highest BCUT2D eigenvalue weighted by molar-refractivity contribution is 7.98. The molecule has 2 saturated heterocycles. The summed E-state index contributed by atoms with van der Waals surface area (Å²) in [4.78, 5) is 11.3. The van der Waals surface area contributed by atoms with Crippen LogP contribution in [0, 0.1) is 0 Å². The summed E-state index contributed by atoms with van der Waals surface area (Å²) < 4.78 is 48.4. The first-order valence-electron chi connectivity index (χ1n) is 7.82. The zero-order valence-corrected chi connectivity index (χ0v) is 13.7. The van der Waals surface area contributed by atoms with Gasteiger partial charge in [-0.05, 0) is 36.0 Å². The lowest BCUT2D eigenvalue weighted by atomic mass is 9.96. The number of benzene rings is 1. The van der Waals surface area contributed by atoms with Crippen molar-refractivity contribution in [3.05, 3.63) is 34.9 Å². The molecule has 1 aromatic carbocycles. The Hall–Kier alpha value is -1.25. The van der Waals surface area contributed by atoms with Gasteiger partial charge in [-0.25, -0.2) is 0 Å². The number of carbonyl (C=O) groups excluding carboxylic acids is 1. The molecule has 1 aromatic rings. The van der Waals surface area contributed by atoms with E-state index >= 15 is 0 Å². The van der Waals surface area contributed by atoms with Gasteiger partial charge in [-0.15, -0.1) is 0 Å². The van der Waals surface area contributed by atoms with Crippen LogP contribution in [-0.4, -0.2) is 24.6 Å². The monoisotopic (exact) mass is 361 g/mol. The molecule has 0 bridgehead atoms. The molecule has 24 heavy (non-hydrogen) atoms. The van der Waals surface area contributed by atoms with Gasteiger partial charge in [-0.2, -0.15) is 13.2 Å². The molecular weight excluding hydrogens is 343 g/mol. The van der Waals surface area contributed by atoms with Crippen LogP contribution in [0.15, 0.2) is 18.2 Å². The Labute approximate surface area is 142 Å². The maximum atomic E-state index is 12.0. The standard InChI is InChI=1S/C16H18F3NO3S/c17-16(18,19)24-20-15(21)4-2-1-3-10-5-6-11(13-8-22-13)7-12(10)14-9-23-14/h5-7,13-14H,1-4,8-9H2,(H,20,21). The van der Waals surface area contributed by atoms with Gasteiger partial charge in [0.2, 0.25) is 5.91 Å². The molecule has 2 aliphatic heterocycles. The fraction of sp³-hybridized carbons (Fsp3) is 0.562. The summed E-state index contributed by atoms with van der Waals surface area (Å²) in [5.41, 5.74) is -0.943. The molecule has 2 fully saturated rings. The molecule has 2 unspecified atom stereocenters. The van der Waals surface area contributed by atoms with E-state index in [9.17, 15) is 18.0 Å². The highest BCUT2D eigenvalue weighted by Gasteiger charge is 2.31. The number of hydrogen-bond acceptors (Lipinski definition) is 4. The van der Waals surface area contributed by atoms with Crippen molar-refractivity contribution >= 4 is 17.9 Å². The van der Waals surface area contributed by atoms with E-state index in [2.05, 4.69) is 12.1 Å². The third-order valence-corrected chi connectivity index (χ3v) is 4.50. The van der Waals surface area contributed by atoms with Crippen molar-refractivity contribution in [3.63, 3.8) is 0 Å². The van der Waals surface area contributed by atoms with Gasteiger partial charge in [0.15, 0.2) is 0 Å². The summed E-state index contributed by atoms with van der Waals surface area (Å²) in [6.45, 7) is 1.48. The average Bonchev–Trinajstić information content (AvgIpc) is 3.40. The van der Waals surface area contributed by atoms with E-state index in [0.717, 1.165) is 31.6 Å². The van der Waals surface area contributed by atoms with Crippen molar-refractivity contribution in [2.75, 3.05) is 13.2 Å². The first-order valence-corrected chi connectivity index (χ1v) is 8.63. The average molecular weight is 361 g/mol. The largest absolute Gasteiger partial charge is 0.461 e. The van der Waals surface area contributed by atoms with E-state index in [0.29, 0.717) is 6.42 Å². The van der Waals surface area contributed by atoms with Gasteiger partial charge in [0.25, 0.3) is 0 Å². The van der Waals surface area contributed by atoms with E-state index < -0.39 is 23.4 Å². The van der Waals surface area contributed by atoms with Gasteiger partial charge in [0, 0.05) is 6.42 Å². The summed E-state index contributed by atoms with van der Waals surface area (Å²) >= 11 is -0.507. The van der Waals surface area contributed by atoms with Gasteiger partial charge in [0.05, 0.1) is 25.2 Å². The van der Waals surface area contributed by atoms with Gasteiger partial charge in [-0.1, -0.05) is 18.2 Å². The Bertz CT molecular complexity index is 601. The van der Waals surface area contributed by atoms with E-state index in [4.69, 9.17) is 9.47 Å². The van der Waals surface area contributed by atoms with Crippen LogP contribution >= 0.6 is 11.9 Å². The SMILES string of the molecule is O=C(CCCCc1ccc(C2CO2)cc1C1CO1)NSC(F)(F)F. The Morgan fingerprint density at radius 1 is 1.21 bits per heavy atom. The predicted octanol–water partition coefficient (Wildman–Crippen LogP) is 3.83. The summed E-state index contributed by atoms with van der Waals surface area (Å²) in [7, 11) is 0. The van der Waals surface area contributed by atoms with Crippen molar-refractivity contribution in [3.8, 4) is 0 Å². The van der Waals surface area contributed by atoms with Crippen LogP contribution in [-0.2, 0) is 20.7 Å². The smallest absolute Gasteiger partial charge is 0.368 e. The van der Waals surface area contributed by atoms with Crippen LogP contribution in [0.2, 0.25) is 0 Å². The lowest BCUT2D eigenvalue weighted by Crippen LogP contribution is -2.20. The molecule has 3 rings (SSSR count). The maximum absolute atomic E-state index is 12.0. The number of nitrogens with one attached hydrogen (secondary N) is 1. The molecule has 0 aliphatic carbocycles. The fourth-order valence-electron chi connectivity index (χ4n) is 2.58. The Kier molecular flexibility index (Phi) is 5.36. The van der Waals surface area contributed by atoms with E-state index in [-0.39, 0.29) is 18.6 Å². The molecule has 0 spiro atoms. The molecule has 2 atom stereocenters. The Morgan fingerprint density at radius 2 is 1.92 bits per heavy atom. The summed E-state index contributed by atoms with van der Waals surface area (Å²) in [5, 5.41) is 0. The lowest BCUT2D eigenvalue weighted by molar-refractivity contribution is -0.119. The second-order valence-corrected chi connectivity index (χ2v) is 6.75. The number of hydrogen-bond donors (Lipinski definition) is 1. The van der Waals surface area contributed by atoms with Crippen molar-refractivity contribution < 1.29 is 27.4 Å². The molecule has 2 heterocycles. The highest BCUT2D eigenvalue weighted by Crippen LogP contribution is 2.37. The molecule has 4 nitrogen and oxygen atoms in total. The Morgan fingerprint density at radius 3 is 2.54 bits per heavy atom. The van der Waals surface area contributed by atoms with Crippen molar-refractivity contribution in [1.29, 1.82) is 0 Å². The molecular formula is C16H18F3NO3S. The second-order valence-electron chi connectivity index (χ2n) is 5.88. The number of aryl methyl sites for hydroxylation is 1. The number of carbonyl (C=O) groups is 1. The fourth-order valence-corrected chi connectivity index (χ4v) is 2.91. The zero-order chi connectivity index (χ0) is 17.2. The molecule has 0 radical (unpaired) electrons. The molecule has 1 amide bonds. The topological polar surface area (TPSA) is 54.2 Å². The summed E-state index contributed by atoms with van der Waals surface area (Å²) in [5.74, 6) is -0.593. The number of unbranched alkanes of at least 4 members (excludes halogenated alkanes) is 1. The van der Waals surface area contributed by atoms with E-state index in [1.807, 2.05) is 6.07 Å². The summed E-state index contributed by atoms with van der Waals surface area (Å²) in [6.07, 6.45) is 2.50. The van der Waals surface area contributed by atoms with Gasteiger partial charge in [-0.3, -0.25) is 9.52 Å². The lowest BCUT2D eigenvalue weighted by Gasteiger charge is -2.10. The van der Waals surface area contributed by atoms with Crippen molar-refractivity contribution in [2.24, 2.45) is 0 Å². The molecule has 132 valence electrons. The molecule has 2 aliphatic rings. The minimum atomic E-state index is -4.44. The van der Waals surface area contributed by atoms with Gasteiger partial charge < -0.3 is 9.47 Å². The predicted molar refractivity (Wildman–Crippen MR) is 83.2 cm³/mol. The second kappa shape index (κ2) is 7.33. The number of halogens is 3. The molecule has 0 aromatic heterocycles. The molecule has 0 saturated carbocycles. The first-order chi connectivity index (χ1) is 11.4. The van der Waals surface area contributed by atoms with Crippen LogP contribution in [0.3, 0.4) is 0 Å². The Balaban J connectivity index is 1.44. The molecule has 1 N–H and O–H groups in total. The van der Waals surface area contributed by atoms with Crippen molar-refractivity contribution in [2.45, 2.75) is 43.4 Å². The number of ether oxygens (including phenoxy) is 2. The number of amides is 1. The van der Waals surface area contributed by atoms with Gasteiger partial charge in [0.1, 0.15) is 12.2 Å². The van der Waals surface area contributed by atoms with Crippen molar-refractivity contribution in [1.82, 2.24) is 4.72 Å². The maximum Gasteiger partial charge on any atom is 0.461 e. The number of epoxide rings is 2. The molecule has 8 heteroatoms. The quantitative estimate of drug-likeness (QED) is 0.434. The normalized spacial score (nSPS) is 22.3. The van der Waals surface area contributed by atoms with Crippen LogP contribution in [0.4, 0.5) is 13.2 Å². The van der Waals surface area contributed by atoms with Crippen LogP contribution in [0.5, 0.6) is 0 Å². The highest BCUT2D eigenvalue weighted by atomic mass is 32.2. The minimum Gasteiger partial charge on any atom is -0.368 e. The third kappa shape index (κ3) is 5.39. The van der Waals surface area contributed by atoms with Gasteiger partial charge >= 0.3 is 5.51 Å². The number of alkyl halides is 3. The van der Waals surface area contributed by atoms with Crippen LogP contribution in [0.25, 0.3) is 0 Å². The summed E-state index contributed by atoms with van der Waals surface area (Å²) in [6, 6.07) is 6.23. The van der Waals surface area contributed by atoms with E-state index in [1.165, 1.54) is 11.1 Å². The minimum absolute atomic E-state index is 0.0896. The first kappa shape index (κ1) is 17.6. The van der Waals surface area contributed by atoms with E-state index in [1.54, 1.807) is 4.72 Å². The van der Waals surface area contributed by atoms with Crippen LogP contribution in [0.1, 0.15) is 48.2 Å². The zero-order valence-electron chi connectivity index (χ0n) is 12.9. The van der Waals surface area contributed by atoms with Crippen LogP contribution < -0.4 is 4.72 Å². The third-order valence-electron chi connectivity index (χ3n) is 3.94. The number of rotatable bonds is 8.